The first-order valence-electron chi connectivity index (χ1n) is 13.5. The van der Waals surface area contributed by atoms with Crippen molar-refractivity contribution in [2.75, 3.05) is 31.6 Å². The van der Waals surface area contributed by atoms with Gasteiger partial charge in [0, 0.05) is 29.2 Å². The van der Waals surface area contributed by atoms with Crippen LogP contribution >= 0.6 is 12.2 Å². The Kier molecular flexibility index (Phi) is 8.74. The third-order valence-electron chi connectivity index (χ3n) is 7.51. The van der Waals surface area contributed by atoms with Crippen LogP contribution in [0.4, 0.5) is 5.69 Å². The van der Waals surface area contributed by atoms with Crippen LogP contribution in [0.25, 0.3) is 10.9 Å². The van der Waals surface area contributed by atoms with E-state index in [1.807, 2.05) is 13.0 Å². The van der Waals surface area contributed by atoms with E-state index in [2.05, 4.69) is 40.6 Å². The second-order valence-electron chi connectivity index (χ2n) is 9.98. The fourth-order valence-electron chi connectivity index (χ4n) is 5.54. The number of fused-ring (bicyclic) bond motifs is 2. The molecule has 1 heterocycles. The van der Waals surface area contributed by atoms with Gasteiger partial charge in [-0.1, -0.05) is 29.4 Å². The summed E-state index contributed by atoms with van der Waals surface area (Å²) in [6.45, 7) is 10.1. The second kappa shape index (κ2) is 11.7. The van der Waals surface area contributed by atoms with Crippen molar-refractivity contribution in [3.8, 4) is 12.3 Å². The number of anilines is 1. The summed E-state index contributed by atoms with van der Waals surface area (Å²) in [5, 5.41) is 10.3. The van der Waals surface area contributed by atoms with Gasteiger partial charge < -0.3 is 15.0 Å². The number of aromatic nitrogens is 1. The van der Waals surface area contributed by atoms with E-state index in [1.54, 1.807) is 30.3 Å². The molecule has 0 saturated heterocycles. The van der Waals surface area contributed by atoms with Gasteiger partial charge in [0.2, 0.25) is 12.1 Å². The fraction of sp³-hybridized carbons (Fsp3) is 0.400. The summed E-state index contributed by atoms with van der Waals surface area (Å²) in [4.78, 5) is 2.69. The summed E-state index contributed by atoms with van der Waals surface area (Å²) in [6.07, 6.45) is 9.00. The van der Waals surface area contributed by atoms with Gasteiger partial charge in [0.25, 0.3) is 5.17 Å². The third kappa shape index (κ3) is 6.01. The van der Waals surface area contributed by atoms with E-state index < -0.39 is 9.53 Å². The van der Waals surface area contributed by atoms with E-state index in [9.17, 15) is 8.76 Å². The average molecular weight is 568 g/mol. The molecule has 0 spiro atoms. The van der Waals surface area contributed by atoms with Crippen molar-refractivity contribution in [3.63, 3.8) is 0 Å². The van der Waals surface area contributed by atoms with Crippen LogP contribution in [0.5, 0.6) is 0 Å². The van der Waals surface area contributed by atoms with Gasteiger partial charge >= 0.3 is 0 Å². The molecule has 1 aliphatic rings. The van der Waals surface area contributed by atoms with Crippen LogP contribution in [0.3, 0.4) is 0 Å². The maximum absolute atomic E-state index is 14.1. The molecule has 2 aromatic carbocycles. The molecule has 0 saturated carbocycles. The summed E-state index contributed by atoms with van der Waals surface area (Å²) < 4.78 is 33.2. The normalized spacial score (nSPS) is 16.2. The zero-order valence-electron chi connectivity index (χ0n) is 23.0. The number of nitrogens with one attached hydrogen (secondary N) is 1. The molecule has 0 bridgehead atoms. The Bertz CT molecular complexity index is 1490. The zero-order valence-corrected chi connectivity index (χ0v) is 24.6. The Morgan fingerprint density at radius 1 is 1.23 bits per heavy atom. The van der Waals surface area contributed by atoms with Crippen LogP contribution in [0.2, 0.25) is 0 Å². The van der Waals surface area contributed by atoms with Crippen LogP contribution in [-0.4, -0.2) is 45.1 Å². The second-order valence-corrected chi connectivity index (χ2v) is 13.2. The minimum absolute atomic E-state index is 0.0874. The standard InChI is InChI=1S/C30H38N4O3S2/c1-5-17-34-28-16-15-27(39(31,35,36)26-14-10-13-25(20-26)32-30(38)37-8-4)19-24(28)18-22-11-9-12-23(29(22)34)21-33(6-2)7-3/h1,10,13-16,18-20,23H,6-9,11-12,17,21H2,2-4H3,(H3-,31,32,35,36,38)/p+1. The van der Waals surface area contributed by atoms with Crippen LogP contribution in [0.15, 0.2) is 58.3 Å². The van der Waals surface area contributed by atoms with Crippen LogP contribution < -0.4 is 15.0 Å². The molecular weight excluding hydrogens is 528 g/mol. The van der Waals surface area contributed by atoms with Crippen LogP contribution in [0.1, 0.15) is 50.8 Å². The molecule has 39 heavy (non-hydrogen) atoms. The number of nitrogens with two attached hydrogens (primary N) is 1. The molecule has 208 valence electrons. The molecular formula is C30H39N4O3S2+. The highest BCUT2D eigenvalue weighted by atomic mass is 32.3. The van der Waals surface area contributed by atoms with Gasteiger partial charge in [-0.15, -0.1) is 6.42 Å². The summed E-state index contributed by atoms with van der Waals surface area (Å²) in [6, 6.07) is 13.9. The minimum atomic E-state index is -4.91. The first-order valence-corrected chi connectivity index (χ1v) is 15.9. The quantitative estimate of drug-likeness (QED) is 0.195. The molecule has 4 N–H and O–H groups in total. The number of ether oxygens (including phenoxy) is 1. The minimum Gasteiger partial charge on any atom is -0.471 e. The van der Waals surface area contributed by atoms with Crippen molar-refractivity contribution < 1.29 is 18.1 Å². The smallest absolute Gasteiger partial charge is 0.261 e. The van der Waals surface area contributed by atoms with Gasteiger partial charge in [-0.2, -0.15) is 8.78 Å². The molecule has 0 aliphatic heterocycles. The van der Waals surface area contributed by atoms with Crippen LogP contribution in [0, 0.1) is 12.3 Å². The SMILES string of the molecule is C#CC[n+]1c2c(cc3cc(S(N)(=O)(O)c4cccc(NC(=S)OCC)c4)ccc31)CCCC2CN(CC)CC. The molecule has 0 amide bonds. The number of hydrogen-bond acceptors (Lipinski definition) is 4. The lowest BCUT2D eigenvalue weighted by molar-refractivity contribution is -0.668. The lowest BCUT2D eigenvalue weighted by atomic mass is 9.85. The van der Waals surface area contributed by atoms with Crippen molar-refractivity contribution in [2.45, 2.75) is 62.3 Å². The van der Waals surface area contributed by atoms with Crippen LogP contribution in [-0.2, 0) is 27.2 Å². The van der Waals surface area contributed by atoms with E-state index in [1.165, 1.54) is 17.3 Å². The number of aryl methyl sites for hydroxylation is 1. The summed E-state index contributed by atoms with van der Waals surface area (Å²) in [7, 11) is -4.91. The van der Waals surface area contributed by atoms with Crippen molar-refractivity contribution in [1.29, 1.82) is 0 Å². The molecule has 3 aromatic rings. The number of nitrogens with zero attached hydrogens (tertiary/aromatic N) is 2. The van der Waals surface area contributed by atoms with Gasteiger partial charge in [0.1, 0.15) is 0 Å². The molecule has 0 fully saturated rings. The Morgan fingerprint density at radius 2 is 1.97 bits per heavy atom. The van der Waals surface area contributed by atoms with Gasteiger partial charge in [-0.05, 0) is 93.8 Å². The van der Waals surface area contributed by atoms with E-state index in [-0.39, 0.29) is 15.0 Å². The predicted octanol–water partition coefficient (Wildman–Crippen LogP) is 4.84. The number of benzene rings is 2. The zero-order chi connectivity index (χ0) is 28.2. The number of rotatable bonds is 9. The summed E-state index contributed by atoms with van der Waals surface area (Å²) in [5.41, 5.74) is 3.98. The maximum atomic E-state index is 14.1. The Hall–Kier alpha value is -2.87. The molecule has 0 radical (unpaired) electrons. The maximum Gasteiger partial charge on any atom is 0.261 e. The highest BCUT2D eigenvalue weighted by Crippen LogP contribution is 2.38. The number of pyridine rings is 1. The van der Waals surface area contributed by atoms with E-state index in [0.29, 0.717) is 24.8 Å². The fourth-order valence-corrected chi connectivity index (χ4v) is 7.43. The molecule has 9 heteroatoms. The van der Waals surface area contributed by atoms with E-state index >= 15 is 0 Å². The first kappa shape index (κ1) is 29.1. The topological polar surface area (TPSA) is 91.7 Å². The molecule has 7 nitrogen and oxygen atoms in total. The Labute approximate surface area is 237 Å². The number of terminal acetylenes is 1. The number of hydrogen-bond donors (Lipinski definition) is 3. The lowest BCUT2D eigenvalue weighted by Gasteiger charge is -2.39. The number of thiocarbonyl (C=S) groups is 1. The van der Waals surface area contributed by atoms with Gasteiger partial charge in [-0.3, -0.25) is 4.55 Å². The Morgan fingerprint density at radius 3 is 2.67 bits per heavy atom. The van der Waals surface area contributed by atoms with E-state index in [0.717, 1.165) is 49.8 Å². The molecule has 1 unspecified atom stereocenters. The number of likely N-dealkylation sites (N-methyl/N-ethyl adjacent to an activating group) is 1. The summed E-state index contributed by atoms with van der Waals surface area (Å²) >= 11 is 5.16. The van der Waals surface area contributed by atoms with Crippen molar-refractivity contribution >= 4 is 43.5 Å². The lowest BCUT2D eigenvalue weighted by Crippen LogP contribution is -2.45. The summed E-state index contributed by atoms with van der Waals surface area (Å²) in [5.74, 6) is 3.21. The predicted molar refractivity (Wildman–Crippen MR) is 162 cm³/mol. The monoisotopic (exact) mass is 567 g/mol. The van der Waals surface area contributed by atoms with Gasteiger partial charge in [0.05, 0.1) is 22.3 Å². The average Bonchev–Trinajstić information content (AvgIpc) is 2.91. The Balaban J connectivity index is 1.81. The third-order valence-corrected chi connectivity index (χ3v) is 10.1. The van der Waals surface area contributed by atoms with Crippen molar-refractivity contribution in [2.24, 2.45) is 5.14 Å². The van der Waals surface area contributed by atoms with Gasteiger partial charge in [-0.25, -0.2) is 5.14 Å². The van der Waals surface area contributed by atoms with Crippen molar-refractivity contribution in [3.05, 3.63) is 59.8 Å². The first-order chi connectivity index (χ1) is 18.6. The largest absolute Gasteiger partial charge is 0.471 e. The molecule has 1 aliphatic carbocycles. The van der Waals surface area contributed by atoms with Crippen molar-refractivity contribution in [1.82, 2.24) is 4.90 Å². The molecule has 1 atom stereocenters. The van der Waals surface area contributed by atoms with Gasteiger partial charge in [0.15, 0.2) is 5.69 Å². The molecule has 1 aromatic heterocycles. The molecule has 4 rings (SSSR count). The van der Waals surface area contributed by atoms with E-state index in [4.69, 9.17) is 28.5 Å². The highest BCUT2D eigenvalue weighted by Gasteiger charge is 2.34. The highest BCUT2D eigenvalue weighted by molar-refractivity contribution is 8.13.